The maximum absolute atomic E-state index is 12.3. The summed E-state index contributed by atoms with van der Waals surface area (Å²) in [5, 5.41) is 2.73. The van der Waals surface area contributed by atoms with Crippen molar-refractivity contribution in [1.82, 2.24) is 0 Å². The number of carbonyl (C=O) groups excluding carboxylic acids is 3. The second-order valence-electron chi connectivity index (χ2n) is 6.41. The highest BCUT2D eigenvalue weighted by atomic mass is 32.2. The standard InChI is InChI=1S/C21H22N2O4S/c1-3-15-8-10-16(11-9-15)22-21(26)14(2)27-20(25)12-23-17-6-4-5-7-18(17)28-13-19(23)24/h4-11,14H,3,12-13H2,1-2H3,(H,22,26)/t14-/m1/s1. The molecule has 1 aliphatic rings. The number of carbonyl (C=O) groups is 3. The van der Waals surface area contributed by atoms with E-state index in [2.05, 4.69) is 12.2 Å². The van der Waals surface area contributed by atoms with Crippen LogP contribution in [0.25, 0.3) is 0 Å². The van der Waals surface area contributed by atoms with Gasteiger partial charge in [0.15, 0.2) is 6.10 Å². The van der Waals surface area contributed by atoms with Crippen molar-refractivity contribution < 1.29 is 19.1 Å². The molecule has 0 unspecified atom stereocenters. The predicted molar refractivity (Wildman–Crippen MR) is 110 cm³/mol. The molecule has 1 heterocycles. The topological polar surface area (TPSA) is 75.7 Å². The first-order chi connectivity index (χ1) is 13.5. The van der Waals surface area contributed by atoms with Crippen LogP contribution in [0, 0.1) is 0 Å². The molecule has 0 bridgehead atoms. The van der Waals surface area contributed by atoms with E-state index in [1.54, 1.807) is 6.07 Å². The minimum atomic E-state index is -0.970. The molecule has 0 aromatic heterocycles. The van der Waals surface area contributed by atoms with E-state index in [-0.39, 0.29) is 18.2 Å². The SMILES string of the molecule is CCc1ccc(NC(=O)[C@@H](C)OC(=O)CN2C(=O)CSc3ccccc32)cc1. The number of benzene rings is 2. The molecule has 7 heteroatoms. The summed E-state index contributed by atoms with van der Waals surface area (Å²) >= 11 is 1.44. The molecule has 2 aromatic rings. The summed E-state index contributed by atoms with van der Waals surface area (Å²) in [5.74, 6) is -0.931. The lowest BCUT2D eigenvalue weighted by atomic mass is 10.1. The number of fused-ring (bicyclic) bond motifs is 1. The van der Waals surface area contributed by atoms with Gasteiger partial charge in [-0.15, -0.1) is 11.8 Å². The Hall–Kier alpha value is -2.80. The summed E-state index contributed by atoms with van der Waals surface area (Å²) < 4.78 is 5.24. The van der Waals surface area contributed by atoms with Crippen LogP contribution in [0.4, 0.5) is 11.4 Å². The second-order valence-corrected chi connectivity index (χ2v) is 7.43. The number of aryl methyl sites for hydroxylation is 1. The van der Waals surface area contributed by atoms with Crippen LogP contribution in [0.1, 0.15) is 19.4 Å². The normalized spacial score (nSPS) is 14.2. The zero-order valence-corrected chi connectivity index (χ0v) is 16.6. The lowest BCUT2D eigenvalue weighted by Gasteiger charge is -2.28. The fourth-order valence-electron chi connectivity index (χ4n) is 2.81. The van der Waals surface area contributed by atoms with Gasteiger partial charge in [0.1, 0.15) is 6.54 Å². The molecule has 0 fully saturated rings. The Balaban J connectivity index is 1.58. The minimum Gasteiger partial charge on any atom is -0.451 e. The van der Waals surface area contributed by atoms with Crippen LogP contribution in [0.15, 0.2) is 53.4 Å². The van der Waals surface area contributed by atoms with Crippen LogP contribution in [-0.4, -0.2) is 36.2 Å². The largest absolute Gasteiger partial charge is 0.451 e. The second kappa shape index (κ2) is 8.93. The van der Waals surface area contributed by atoms with Crippen LogP contribution in [-0.2, 0) is 25.5 Å². The van der Waals surface area contributed by atoms with Crippen LogP contribution < -0.4 is 10.2 Å². The molecule has 3 rings (SSSR count). The predicted octanol–water partition coefficient (Wildman–Crippen LogP) is 3.26. The first kappa shape index (κ1) is 19.9. The van der Waals surface area contributed by atoms with Gasteiger partial charge in [-0.2, -0.15) is 0 Å². The summed E-state index contributed by atoms with van der Waals surface area (Å²) in [6.07, 6.45) is -0.0538. The van der Waals surface area contributed by atoms with Crippen molar-refractivity contribution in [2.24, 2.45) is 0 Å². The summed E-state index contributed by atoms with van der Waals surface area (Å²) in [7, 11) is 0. The van der Waals surface area contributed by atoms with Gasteiger partial charge >= 0.3 is 5.97 Å². The summed E-state index contributed by atoms with van der Waals surface area (Å²) in [6.45, 7) is 3.34. The van der Waals surface area contributed by atoms with Gasteiger partial charge in [0.05, 0.1) is 11.4 Å². The van der Waals surface area contributed by atoms with Crippen LogP contribution in [0.3, 0.4) is 0 Å². The van der Waals surface area contributed by atoms with Crippen LogP contribution >= 0.6 is 11.8 Å². The first-order valence-corrected chi connectivity index (χ1v) is 10.1. The van der Waals surface area contributed by atoms with E-state index in [4.69, 9.17) is 4.74 Å². The smallest absolute Gasteiger partial charge is 0.326 e. The number of esters is 1. The molecule has 0 spiro atoms. The number of para-hydroxylation sites is 1. The van der Waals surface area contributed by atoms with E-state index >= 15 is 0 Å². The third-order valence-corrected chi connectivity index (χ3v) is 5.45. The zero-order valence-electron chi connectivity index (χ0n) is 15.8. The van der Waals surface area contributed by atoms with Gasteiger partial charge in [0, 0.05) is 10.6 Å². The highest BCUT2D eigenvalue weighted by Gasteiger charge is 2.28. The van der Waals surface area contributed by atoms with Gasteiger partial charge in [0.2, 0.25) is 5.91 Å². The molecule has 2 aromatic carbocycles. The van der Waals surface area contributed by atoms with Crippen molar-refractivity contribution in [3.05, 3.63) is 54.1 Å². The van der Waals surface area contributed by atoms with Crippen molar-refractivity contribution in [3.8, 4) is 0 Å². The number of hydrogen-bond acceptors (Lipinski definition) is 5. The average Bonchev–Trinajstić information content (AvgIpc) is 2.70. The van der Waals surface area contributed by atoms with Gasteiger partial charge in [-0.25, -0.2) is 0 Å². The fraction of sp³-hybridized carbons (Fsp3) is 0.286. The first-order valence-electron chi connectivity index (χ1n) is 9.09. The Morgan fingerprint density at radius 2 is 1.89 bits per heavy atom. The minimum absolute atomic E-state index is 0.159. The lowest BCUT2D eigenvalue weighted by Crippen LogP contribution is -2.41. The van der Waals surface area contributed by atoms with Gasteiger partial charge < -0.3 is 10.1 Å². The molecule has 0 saturated heterocycles. The molecule has 146 valence electrons. The summed E-state index contributed by atoms with van der Waals surface area (Å²) in [4.78, 5) is 39.2. The molecule has 0 saturated carbocycles. The van der Waals surface area contributed by atoms with E-state index in [0.29, 0.717) is 11.4 Å². The molecular formula is C21H22N2O4S. The molecular weight excluding hydrogens is 376 g/mol. The Morgan fingerprint density at radius 1 is 1.18 bits per heavy atom. The maximum atomic E-state index is 12.3. The van der Waals surface area contributed by atoms with E-state index in [1.165, 1.54) is 29.1 Å². The zero-order chi connectivity index (χ0) is 20.1. The summed E-state index contributed by atoms with van der Waals surface area (Å²) in [6, 6.07) is 14.9. The number of ether oxygens (including phenoxy) is 1. The van der Waals surface area contributed by atoms with Crippen molar-refractivity contribution in [3.63, 3.8) is 0 Å². The number of thioether (sulfide) groups is 1. The monoisotopic (exact) mass is 398 g/mol. The van der Waals surface area contributed by atoms with E-state index in [0.717, 1.165) is 11.3 Å². The molecule has 2 amide bonds. The van der Waals surface area contributed by atoms with Crippen molar-refractivity contribution in [2.75, 3.05) is 22.5 Å². The number of nitrogens with zero attached hydrogens (tertiary/aromatic N) is 1. The molecule has 28 heavy (non-hydrogen) atoms. The number of anilines is 2. The van der Waals surface area contributed by atoms with E-state index < -0.39 is 18.0 Å². The van der Waals surface area contributed by atoms with E-state index in [9.17, 15) is 14.4 Å². The van der Waals surface area contributed by atoms with Crippen LogP contribution in [0.5, 0.6) is 0 Å². The molecule has 1 atom stereocenters. The number of rotatable bonds is 6. The van der Waals surface area contributed by atoms with Gasteiger partial charge in [-0.05, 0) is 43.2 Å². The highest BCUT2D eigenvalue weighted by Crippen LogP contribution is 2.34. The number of nitrogens with one attached hydrogen (secondary N) is 1. The summed E-state index contributed by atoms with van der Waals surface area (Å²) in [5.41, 5.74) is 2.50. The fourth-order valence-corrected chi connectivity index (χ4v) is 3.75. The molecule has 6 nitrogen and oxygen atoms in total. The third kappa shape index (κ3) is 4.72. The van der Waals surface area contributed by atoms with Crippen molar-refractivity contribution in [1.29, 1.82) is 0 Å². The third-order valence-electron chi connectivity index (χ3n) is 4.40. The van der Waals surface area contributed by atoms with Crippen molar-refractivity contribution in [2.45, 2.75) is 31.3 Å². The van der Waals surface area contributed by atoms with Crippen molar-refractivity contribution >= 4 is 40.9 Å². The molecule has 0 aliphatic carbocycles. The molecule has 1 N–H and O–H groups in total. The molecule has 1 aliphatic heterocycles. The maximum Gasteiger partial charge on any atom is 0.326 e. The van der Waals surface area contributed by atoms with E-state index in [1.807, 2.05) is 42.5 Å². The van der Waals surface area contributed by atoms with Gasteiger partial charge in [-0.1, -0.05) is 31.2 Å². The number of amides is 2. The Morgan fingerprint density at radius 3 is 2.61 bits per heavy atom. The van der Waals surface area contributed by atoms with Crippen LogP contribution in [0.2, 0.25) is 0 Å². The average molecular weight is 398 g/mol. The Labute approximate surface area is 168 Å². The Kier molecular flexibility index (Phi) is 6.36. The quantitative estimate of drug-likeness (QED) is 0.756. The Bertz CT molecular complexity index is 882. The van der Waals surface area contributed by atoms with Gasteiger partial charge in [0.25, 0.3) is 5.91 Å². The number of hydrogen-bond donors (Lipinski definition) is 1. The van der Waals surface area contributed by atoms with Gasteiger partial charge in [-0.3, -0.25) is 19.3 Å². The highest BCUT2D eigenvalue weighted by molar-refractivity contribution is 8.00. The lowest BCUT2D eigenvalue weighted by molar-refractivity contribution is -0.152. The molecule has 0 radical (unpaired) electrons.